The number of carbonyl (C=O) groups excluding carboxylic acids is 2. The Balaban J connectivity index is 1.44. The van der Waals surface area contributed by atoms with Crippen LogP contribution < -0.4 is 24.4 Å². The first-order chi connectivity index (χ1) is 18.7. The molecular weight excluding hydrogens is 522 g/mol. The predicted octanol–water partition coefficient (Wildman–Crippen LogP) is 3.58. The van der Waals surface area contributed by atoms with Crippen LogP contribution in [-0.2, 0) is 21.4 Å². The number of nitrogens with one attached hydrogen (secondary N) is 3. The van der Waals surface area contributed by atoms with Crippen molar-refractivity contribution in [1.82, 2.24) is 15.0 Å². The van der Waals surface area contributed by atoms with Crippen LogP contribution in [0.2, 0.25) is 0 Å². The Morgan fingerprint density at radius 2 is 1.69 bits per heavy atom. The van der Waals surface area contributed by atoms with E-state index in [1.54, 1.807) is 50.6 Å². The maximum Gasteiger partial charge on any atom is 0.330 e. The molecule has 0 spiro atoms. The Morgan fingerprint density at radius 3 is 2.31 bits per heavy atom. The Kier molecular flexibility index (Phi) is 8.46. The summed E-state index contributed by atoms with van der Waals surface area (Å²) >= 11 is 0. The third kappa shape index (κ3) is 7.36. The van der Waals surface area contributed by atoms with E-state index in [4.69, 9.17) is 9.15 Å². The highest BCUT2D eigenvalue weighted by Crippen LogP contribution is 2.21. The first kappa shape index (κ1) is 27.2. The molecule has 0 saturated carbocycles. The van der Waals surface area contributed by atoms with Crippen LogP contribution in [0.1, 0.15) is 5.56 Å². The van der Waals surface area contributed by atoms with Gasteiger partial charge in [0.05, 0.1) is 19.0 Å². The molecule has 1 aromatic heterocycles. The van der Waals surface area contributed by atoms with Crippen molar-refractivity contribution in [3.63, 3.8) is 0 Å². The molecule has 0 radical (unpaired) electrons. The fourth-order valence-electron chi connectivity index (χ4n) is 3.77. The van der Waals surface area contributed by atoms with Crippen LogP contribution in [0, 0.1) is 0 Å². The summed E-state index contributed by atoms with van der Waals surface area (Å²) in [6, 6.07) is 20.1. The number of rotatable bonds is 10. The van der Waals surface area contributed by atoms with Crippen molar-refractivity contribution in [3.8, 4) is 17.1 Å². The minimum absolute atomic E-state index is 0.143. The lowest BCUT2D eigenvalue weighted by atomic mass is 10.0. The van der Waals surface area contributed by atoms with Crippen LogP contribution in [0.3, 0.4) is 0 Å². The zero-order valence-electron chi connectivity index (χ0n) is 21.2. The molecular formula is C27H27N5O6S. The number of aromatic nitrogens is 1. The van der Waals surface area contributed by atoms with Crippen LogP contribution >= 0.6 is 0 Å². The molecule has 0 aliphatic carbocycles. The summed E-state index contributed by atoms with van der Waals surface area (Å²) in [5.41, 5.74) is 2.27. The Labute approximate surface area is 226 Å². The number of ether oxygens (including phenoxy) is 1. The van der Waals surface area contributed by atoms with E-state index < -0.39 is 28.2 Å². The van der Waals surface area contributed by atoms with E-state index in [2.05, 4.69) is 15.0 Å². The highest BCUT2D eigenvalue weighted by molar-refractivity contribution is 7.91. The Morgan fingerprint density at radius 1 is 1.00 bits per heavy atom. The second-order valence-corrected chi connectivity index (χ2v) is 9.88. The molecule has 4 rings (SSSR count). The molecule has 0 fully saturated rings. The smallest absolute Gasteiger partial charge is 0.330 e. The van der Waals surface area contributed by atoms with E-state index in [0.717, 1.165) is 5.56 Å². The van der Waals surface area contributed by atoms with Gasteiger partial charge in [-0.05, 0) is 54.1 Å². The largest absolute Gasteiger partial charge is 0.497 e. The highest BCUT2D eigenvalue weighted by Gasteiger charge is 2.27. The molecule has 0 aliphatic heterocycles. The SMILES string of the molecule is COc1ccc(N(C)C(=O)C(Cc2ccccc2)NC(=O)NS(=O)(=O)Nc2ccc(-c3cnco3)cc2)cc1. The summed E-state index contributed by atoms with van der Waals surface area (Å²) in [7, 11) is -1.20. The van der Waals surface area contributed by atoms with Gasteiger partial charge in [0.2, 0.25) is 5.91 Å². The Bertz CT molecular complexity index is 1490. The molecule has 39 heavy (non-hydrogen) atoms. The molecule has 1 heterocycles. The van der Waals surface area contributed by atoms with Crippen molar-refractivity contribution in [1.29, 1.82) is 0 Å². The Hall–Kier alpha value is -4.84. The van der Waals surface area contributed by atoms with Crippen LogP contribution in [0.5, 0.6) is 5.75 Å². The lowest BCUT2D eigenvalue weighted by Gasteiger charge is -2.25. The summed E-state index contributed by atoms with van der Waals surface area (Å²) in [5.74, 6) is 0.714. The summed E-state index contributed by atoms with van der Waals surface area (Å²) in [4.78, 5) is 31.4. The van der Waals surface area contributed by atoms with Gasteiger partial charge in [-0.3, -0.25) is 9.52 Å². The monoisotopic (exact) mass is 549 g/mol. The van der Waals surface area contributed by atoms with Crippen molar-refractivity contribution < 1.29 is 27.2 Å². The number of hydrogen-bond acceptors (Lipinski definition) is 7. The fraction of sp³-hybridized carbons (Fsp3) is 0.148. The molecule has 3 N–H and O–H groups in total. The number of anilines is 2. The summed E-state index contributed by atoms with van der Waals surface area (Å²) in [5, 5.41) is 2.50. The van der Waals surface area contributed by atoms with Gasteiger partial charge < -0.3 is 19.4 Å². The normalized spacial score (nSPS) is 11.7. The number of likely N-dealkylation sites (N-methyl/N-ethyl adjacent to an activating group) is 1. The molecule has 3 amide bonds. The van der Waals surface area contributed by atoms with Crippen molar-refractivity contribution in [2.45, 2.75) is 12.5 Å². The first-order valence-electron chi connectivity index (χ1n) is 11.8. The topological polar surface area (TPSA) is 143 Å². The summed E-state index contributed by atoms with van der Waals surface area (Å²) in [6.07, 6.45) is 2.97. The minimum atomic E-state index is -4.31. The van der Waals surface area contributed by atoms with E-state index in [0.29, 0.717) is 22.8 Å². The molecule has 0 aliphatic rings. The van der Waals surface area contributed by atoms with Gasteiger partial charge in [0, 0.05) is 24.7 Å². The van der Waals surface area contributed by atoms with Gasteiger partial charge in [-0.15, -0.1) is 0 Å². The second kappa shape index (κ2) is 12.1. The molecule has 202 valence electrons. The van der Waals surface area contributed by atoms with E-state index in [9.17, 15) is 18.0 Å². The number of carbonyl (C=O) groups is 2. The standard InChI is InChI=1S/C27H27N5O6S/c1-32(22-12-14-23(37-2)15-13-22)26(33)24(16-19-6-4-3-5-7-19)29-27(34)31-39(35,36)30-21-10-8-20(9-11-21)25-17-28-18-38-25/h3-15,17-18,24,30H,16H2,1-2H3,(H2,29,31,34). The van der Waals surface area contributed by atoms with Crippen LogP contribution in [-0.4, -0.2) is 45.5 Å². The van der Waals surface area contributed by atoms with Gasteiger partial charge in [-0.2, -0.15) is 8.42 Å². The maximum absolute atomic E-state index is 13.4. The average molecular weight is 550 g/mol. The van der Waals surface area contributed by atoms with Crippen molar-refractivity contribution in [3.05, 3.63) is 97.0 Å². The molecule has 0 saturated heterocycles. The first-order valence-corrected chi connectivity index (χ1v) is 13.3. The van der Waals surface area contributed by atoms with E-state index in [-0.39, 0.29) is 12.1 Å². The molecule has 1 atom stereocenters. The van der Waals surface area contributed by atoms with E-state index in [1.807, 2.05) is 35.1 Å². The van der Waals surface area contributed by atoms with Crippen molar-refractivity contribution in [2.75, 3.05) is 23.8 Å². The van der Waals surface area contributed by atoms with Gasteiger partial charge in [0.25, 0.3) is 0 Å². The number of amides is 3. The molecule has 11 nitrogen and oxygen atoms in total. The molecule has 0 bridgehead atoms. The van der Waals surface area contributed by atoms with Crippen LogP contribution in [0.25, 0.3) is 11.3 Å². The van der Waals surface area contributed by atoms with Crippen LogP contribution in [0.4, 0.5) is 16.2 Å². The van der Waals surface area contributed by atoms with Crippen molar-refractivity contribution >= 4 is 33.5 Å². The van der Waals surface area contributed by atoms with E-state index in [1.165, 1.54) is 29.6 Å². The highest BCUT2D eigenvalue weighted by atomic mass is 32.2. The number of hydrogen-bond donors (Lipinski definition) is 3. The third-order valence-electron chi connectivity index (χ3n) is 5.76. The number of benzene rings is 3. The molecule has 12 heteroatoms. The number of nitrogens with zero attached hydrogens (tertiary/aromatic N) is 2. The number of methoxy groups -OCH3 is 1. The zero-order chi connectivity index (χ0) is 27.8. The molecule has 3 aromatic carbocycles. The predicted molar refractivity (Wildman–Crippen MR) is 146 cm³/mol. The van der Waals surface area contributed by atoms with Crippen molar-refractivity contribution in [2.24, 2.45) is 0 Å². The molecule has 1 unspecified atom stereocenters. The second-order valence-electron chi connectivity index (χ2n) is 8.46. The van der Waals surface area contributed by atoms with Gasteiger partial charge >= 0.3 is 16.2 Å². The van der Waals surface area contributed by atoms with Crippen LogP contribution in [0.15, 0.2) is 95.9 Å². The fourth-order valence-corrected chi connectivity index (χ4v) is 4.57. The number of oxazole rings is 1. The van der Waals surface area contributed by atoms with Gasteiger partial charge in [0.1, 0.15) is 11.8 Å². The quantitative estimate of drug-likeness (QED) is 0.274. The molecule has 4 aromatic rings. The van der Waals surface area contributed by atoms with E-state index >= 15 is 0 Å². The number of urea groups is 1. The lowest BCUT2D eigenvalue weighted by Crippen LogP contribution is -2.53. The average Bonchev–Trinajstić information content (AvgIpc) is 3.47. The summed E-state index contributed by atoms with van der Waals surface area (Å²) < 4.78 is 39.8. The third-order valence-corrected chi connectivity index (χ3v) is 6.72. The lowest BCUT2D eigenvalue weighted by molar-refractivity contribution is -0.120. The summed E-state index contributed by atoms with van der Waals surface area (Å²) in [6.45, 7) is 0. The zero-order valence-corrected chi connectivity index (χ0v) is 22.0. The van der Waals surface area contributed by atoms with Gasteiger partial charge in [-0.1, -0.05) is 30.3 Å². The minimum Gasteiger partial charge on any atom is -0.497 e. The van der Waals surface area contributed by atoms with Gasteiger partial charge in [0.15, 0.2) is 12.2 Å². The van der Waals surface area contributed by atoms with Gasteiger partial charge in [-0.25, -0.2) is 14.5 Å². The maximum atomic E-state index is 13.4.